The molecule has 0 bridgehead atoms. The summed E-state index contributed by atoms with van der Waals surface area (Å²) in [6.45, 7) is 3.71. The van der Waals surface area contributed by atoms with E-state index in [2.05, 4.69) is 19.8 Å². The van der Waals surface area contributed by atoms with E-state index in [1.54, 1.807) is 55.7 Å². The van der Waals surface area contributed by atoms with Gasteiger partial charge in [0.05, 0.1) is 17.0 Å². The second-order valence-corrected chi connectivity index (χ2v) is 8.61. The number of aryl methyl sites for hydroxylation is 2. The summed E-state index contributed by atoms with van der Waals surface area (Å²) in [6, 6.07) is 16.0. The van der Waals surface area contributed by atoms with Gasteiger partial charge >= 0.3 is 0 Å². The first-order valence-electron chi connectivity index (χ1n) is 9.33. The van der Waals surface area contributed by atoms with Crippen molar-refractivity contribution in [2.24, 2.45) is 0 Å². The minimum atomic E-state index is -3.74. The molecule has 2 aromatic heterocycles. The van der Waals surface area contributed by atoms with Crippen LogP contribution in [0.3, 0.4) is 0 Å². The van der Waals surface area contributed by atoms with Gasteiger partial charge in [-0.3, -0.25) is 9.71 Å². The number of rotatable bonds is 6. The highest BCUT2D eigenvalue weighted by molar-refractivity contribution is 7.92. The molecular weight excluding hydrogens is 400 g/mol. The van der Waals surface area contributed by atoms with Crippen molar-refractivity contribution >= 4 is 15.7 Å². The maximum atomic E-state index is 13.0. The van der Waals surface area contributed by atoms with E-state index in [0.29, 0.717) is 29.4 Å². The molecular formula is C22H20N4O3S. The second-order valence-electron chi connectivity index (χ2n) is 6.96. The van der Waals surface area contributed by atoms with E-state index in [-0.39, 0.29) is 4.90 Å². The predicted molar refractivity (Wildman–Crippen MR) is 114 cm³/mol. The average Bonchev–Trinajstić information content (AvgIpc) is 3.18. The third-order valence-electron chi connectivity index (χ3n) is 4.63. The number of benzene rings is 2. The van der Waals surface area contributed by atoms with Crippen LogP contribution >= 0.6 is 0 Å². The van der Waals surface area contributed by atoms with Crippen LogP contribution in [0.4, 0.5) is 5.69 Å². The van der Waals surface area contributed by atoms with E-state index in [1.165, 1.54) is 0 Å². The van der Waals surface area contributed by atoms with Gasteiger partial charge in [-0.2, -0.15) is 4.98 Å². The zero-order chi connectivity index (χ0) is 21.1. The van der Waals surface area contributed by atoms with Gasteiger partial charge in [0.25, 0.3) is 10.0 Å². The normalized spacial score (nSPS) is 11.4. The Morgan fingerprint density at radius 2 is 1.77 bits per heavy atom. The number of hydrogen-bond acceptors (Lipinski definition) is 6. The summed E-state index contributed by atoms with van der Waals surface area (Å²) < 4.78 is 34.0. The Morgan fingerprint density at radius 3 is 2.53 bits per heavy atom. The largest absolute Gasteiger partial charge is 0.339 e. The third-order valence-corrected chi connectivity index (χ3v) is 6.16. The predicted octanol–water partition coefficient (Wildman–Crippen LogP) is 4.14. The van der Waals surface area contributed by atoms with Gasteiger partial charge in [-0.15, -0.1) is 0 Å². The monoisotopic (exact) mass is 420 g/mol. The number of nitrogens with zero attached hydrogens (tertiary/aromatic N) is 3. The Balaban J connectivity index is 1.60. The van der Waals surface area contributed by atoms with Gasteiger partial charge in [-0.25, -0.2) is 8.42 Å². The Kier molecular flexibility index (Phi) is 5.33. The van der Waals surface area contributed by atoms with Crippen molar-refractivity contribution in [2.45, 2.75) is 25.2 Å². The molecule has 0 radical (unpaired) electrons. The summed E-state index contributed by atoms with van der Waals surface area (Å²) in [5, 5.41) is 4.00. The van der Waals surface area contributed by atoms with Crippen LogP contribution in [0.5, 0.6) is 0 Å². The molecule has 7 nitrogen and oxygen atoms in total. The molecule has 0 fully saturated rings. The molecule has 2 aromatic carbocycles. The van der Waals surface area contributed by atoms with E-state index in [0.717, 1.165) is 16.7 Å². The number of nitrogens with one attached hydrogen (secondary N) is 1. The fraction of sp³-hybridized carbons (Fsp3) is 0.136. The zero-order valence-corrected chi connectivity index (χ0v) is 17.3. The molecule has 4 aromatic rings. The summed E-state index contributed by atoms with van der Waals surface area (Å²) in [5.41, 5.74) is 3.70. The molecule has 0 aliphatic heterocycles. The van der Waals surface area contributed by atoms with Crippen LogP contribution < -0.4 is 4.72 Å². The van der Waals surface area contributed by atoms with E-state index >= 15 is 0 Å². The lowest BCUT2D eigenvalue weighted by molar-refractivity contribution is 0.386. The van der Waals surface area contributed by atoms with Crippen molar-refractivity contribution in [3.05, 3.63) is 89.6 Å². The average molecular weight is 420 g/mol. The highest BCUT2D eigenvalue weighted by atomic mass is 32.2. The van der Waals surface area contributed by atoms with Crippen molar-refractivity contribution in [3.63, 3.8) is 0 Å². The first-order chi connectivity index (χ1) is 14.4. The molecule has 0 saturated heterocycles. The van der Waals surface area contributed by atoms with Crippen LogP contribution in [-0.2, 0) is 16.4 Å². The van der Waals surface area contributed by atoms with Crippen molar-refractivity contribution in [1.82, 2.24) is 15.1 Å². The quantitative estimate of drug-likeness (QED) is 0.503. The molecule has 4 rings (SSSR count). The first kappa shape index (κ1) is 19.8. The Hall–Kier alpha value is -3.52. The molecule has 0 saturated carbocycles. The van der Waals surface area contributed by atoms with E-state index in [1.807, 2.05) is 25.1 Å². The maximum Gasteiger partial charge on any atom is 0.262 e. The molecule has 0 atom stereocenters. The molecule has 0 aliphatic carbocycles. The highest BCUT2D eigenvalue weighted by Crippen LogP contribution is 2.25. The number of sulfonamides is 1. The minimum absolute atomic E-state index is 0.251. The summed E-state index contributed by atoms with van der Waals surface area (Å²) in [5.74, 6) is 0.848. The molecule has 8 heteroatoms. The maximum absolute atomic E-state index is 13.0. The van der Waals surface area contributed by atoms with Crippen molar-refractivity contribution in [2.75, 3.05) is 4.72 Å². The molecule has 30 heavy (non-hydrogen) atoms. The fourth-order valence-electron chi connectivity index (χ4n) is 3.18. The molecule has 2 heterocycles. The standard InChI is InChI=1S/C22H20N4O3S/c1-15-7-8-20(16(2)13-15)30(27,28)26-19-6-4-3-5-18(19)14-21-24-22(25-29-21)17-9-11-23-12-10-17/h3-13,26H,14H2,1-2H3. The number of anilines is 1. The van der Waals surface area contributed by atoms with Gasteiger partial charge in [-0.05, 0) is 49.2 Å². The number of aromatic nitrogens is 3. The van der Waals surface area contributed by atoms with Crippen molar-refractivity contribution < 1.29 is 12.9 Å². The minimum Gasteiger partial charge on any atom is -0.339 e. The highest BCUT2D eigenvalue weighted by Gasteiger charge is 2.19. The van der Waals surface area contributed by atoms with Crippen LogP contribution in [0.15, 0.2) is 76.4 Å². The third kappa shape index (κ3) is 4.23. The van der Waals surface area contributed by atoms with E-state index in [9.17, 15) is 8.42 Å². The molecule has 1 N–H and O–H groups in total. The van der Waals surface area contributed by atoms with Gasteiger partial charge in [0, 0.05) is 18.0 Å². The van der Waals surface area contributed by atoms with Crippen molar-refractivity contribution in [1.29, 1.82) is 0 Å². The van der Waals surface area contributed by atoms with E-state index in [4.69, 9.17) is 4.52 Å². The van der Waals surface area contributed by atoms with Crippen LogP contribution in [0.2, 0.25) is 0 Å². The molecule has 152 valence electrons. The molecule has 0 unspecified atom stereocenters. The fourth-order valence-corrected chi connectivity index (χ4v) is 4.51. The van der Waals surface area contributed by atoms with E-state index < -0.39 is 10.0 Å². The summed E-state index contributed by atoms with van der Waals surface area (Å²) in [7, 11) is -3.74. The van der Waals surface area contributed by atoms with Gasteiger partial charge < -0.3 is 4.52 Å². The lowest BCUT2D eigenvalue weighted by Crippen LogP contribution is -2.15. The van der Waals surface area contributed by atoms with Gasteiger partial charge in [0.1, 0.15) is 0 Å². The lowest BCUT2D eigenvalue weighted by atomic mass is 10.1. The van der Waals surface area contributed by atoms with Crippen LogP contribution in [0.1, 0.15) is 22.6 Å². The molecule has 0 spiro atoms. The Labute approximate surface area is 174 Å². The van der Waals surface area contributed by atoms with Crippen LogP contribution in [-0.4, -0.2) is 23.5 Å². The summed E-state index contributed by atoms with van der Waals surface area (Å²) in [6.07, 6.45) is 3.61. The topological polar surface area (TPSA) is 98.0 Å². The lowest BCUT2D eigenvalue weighted by Gasteiger charge is -2.13. The SMILES string of the molecule is Cc1ccc(S(=O)(=O)Nc2ccccc2Cc2nc(-c3ccncc3)no2)c(C)c1. The van der Waals surface area contributed by atoms with Crippen molar-refractivity contribution in [3.8, 4) is 11.4 Å². The smallest absolute Gasteiger partial charge is 0.262 e. The summed E-state index contributed by atoms with van der Waals surface area (Å²) >= 11 is 0. The van der Waals surface area contributed by atoms with Gasteiger partial charge in [0.15, 0.2) is 0 Å². The van der Waals surface area contributed by atoms with Crippen LogP contribution in [0.25, 0.3) is 11.4 Å². The van der Waals surface area contributed by atoms with Gasteiger partial charge in [-0.1, -0.05) is 41.1 Å². The molecule has 0 aliphatic rings. The number of hydrogen-bond donors (Lipinski definition) is 1. The first-order valence-corrected chi connectivity index (χ1v) is 10.8. The van der Waals surface area contributed by atoms with Crippen LogP contribution in [0, 0.1) is 13.8 Å². The number of pyridine rings is 1. The molecule has 0 amide bonds. The second kappa shape index (κ2) is 8.08. The zero-order valence-electron chi connectivity index (χ0n) is 16.5. The van der Waals surface area contributed by atoms with Gasteiger partial charge in [0.2, 0.25) is 11.7 Å². The number of para-hydroxylation sites is 1. The summed E-state index contributed by atoms with van der Waals surface area (Å²) in [4.78, 5) is 8.64. The Morgan fingerprint density at radius 1 is 1.00 bits per heavy atom. The Bertz CT molecular complexity index is 1280.